The number of amides is 1. The highest BCUT2D eigenvalue weighted by Crippen LogP contribution is 2.34. The van der Waals surface area contributed by atoms with E-state index in [4.69, 9.17) is 9.52 Å². The third-order valence-corrected chi connectivity index (χ3v) is 3.99. The van der Waals surface area contributed by atoms with Gasteiger partial charge in [-0.3, -0.25) is 4.79 Å². The molecule has 3 rings (SSSR count). The second kappa shape index (κ2) is 4.86. The fraction of sp³-hybridized carbons (Fsp3) is 0.385. The Morgan fingerprint density at radius 1 is 1.47 bits per heavy atom. The summed E-state index contributed by atoms with van der Waals surface area (Å²) in [5.41, 5.74) is 1.15. The van der Waals surface area contributed by atoms with Crippen LogP contribution in [0.25, 0.3) is 11.1 Å². The molecule has 0 radical (unpaired) electrons. The Morgan fingerprint density at radius 2 is 2.26 bits per heavy atom. The largest absolute Gasteiger partial charge is 0.431 e. The predicted octanol–water partition coefficient (Wildman–Crippen LogP) is 1.56. The number of thioether (sulfide) groups is 1. The van der Waals surface area contributed by atoms with Gasteiger partial charge in [0.15, 0.2) is 5.58 Å². The summed E-state index contributed by atoms with van der Waals surface area (Å²) in [4.78, 5) is 16.0. The number of benzene rings is 1. The quantitative estimate of drug-likeness (QED) is 0.812. The van der Waals surface area contributed by atoms with Gasteiger partial charge < -0.3 is 14.8 Å². The monoisotopic (exact) mass is 278 g/mol. The lowest BCUT2D eigenvalue weighted by Gasteiger charge is -2.13. The molecule has 1 aromatic carbocycles. The van der Waals surface area contributed by atoms with Crippen LogP contribution in [0.2, 0.25) is 0 Å². The van der Waals surface area contributed by atoms with E-state index in [1.807, 2.05) is 24.3 Å². The van der Waals surface area contributed by atoms with E-state index in [2.05, 4.69) is 10.3 Å². The first-order valence-corrected chi connectivity index (χ1v) is 7.10. The summed E-state index contributed by atoms with van der Waals surface area (Å²) in [6.45, 7) is 0.00624. The van der Waals surface area contributed by atoms with Crippen molar-refractivity contribution in [3.05, 3.63) is 24.3 Å². The van der Waals surface area contributed by atoms with Crippen LogP contribution in [0.4, 0.5) is 0 Å². The van der Waals surface area contributed by atoms with Crippen LogP contribution in [0.3, 0.4) is 0 Å². The first-order chi connectivity index (χ1) is 9.21. The molecule has 6 heteroatoms. The number of aromatic nitrogens is 1. The molecule has 0 spiro atoms. The van der Waals surface area contributed by atoms with E-state index >= 15 is 0 Å². The number of aliphatic hydroxyl groups excluding tert-OH is 1. The van der Waals surface area contributed by atoms with Gasteiger partial charge in [-0.05, 0) is 25.0 Å². The zero-order valence-corrected chi connectivity index (χ0v) is 11.1. The number of carbonyl (C=O) groups is 1. The van der Waals surface area contributed by atoms with Crippen LogP contribution in [-0.2, 0) is 4.79 Å². The zero-order valence-electron chi connectivity index (χ0n) is 10.3. The SMILES string of the molecule is O=C(CSc1nc2ccccc2o1)NC1(CO)CC1. The lowest BCUT2D eigenvalue weighted by Crippen LogP contribution is -2.40. The standard InChI is InChI=1S/C13H14N2O3S/c16-8-13(5-6-13)15-11(17)7-19-12-14-9-3-1-2-4-10(9)18-12/h1-4,16H,5-8H2,(H,15,17). The van der Waals surface area contributed by atoms with Crippen LogP contribution < -0.4 is 5.32 Å². The average molecular weight is 278 g/mol. The molecule has 1 aromatic heterocycles. The smallest absolute Gasteiger partial charge is 0.257 e. The van der Waals surface area contributed by atoms with Gasteiger partial charge in [-0.25, -0.2) is 4.98 Å². The molecule has 0 bridgehead atoms. The van der Waals surface area contributed by atoms with Gasteiger partial charge in [-0.1, -0.05) is 23.9 Å². The van der Waals surface area contributed by atoms with E-state index < -0.39 is 0 Å². The number of fused-ring (bicyclic) bond motifs is 1. The number of rotatable bonds is 5. The Bertz CT molecular complexity index is 574. The normalized spacial score (nSPS) is 16.5. The van der Waals surface area contributed by atoms with E-state index in [-0.39, 0.29) is 23.8 Å². The number of carbonyl (C=O) groups excluding carboxylic acids is 1. The number of hydrogen-bond acceptors (Lipinski definition) is 5. The Balaban J connectivity index is 1.58. The maximum absolute atomic E-state index is 11.7. The second-order valence-electron chi connectivity index (χ2n) is 4.72. The lowest BCUT2D eigenvalue weighted by atomic mass is 10.3. The molecule has 2 N–H and O–H groups in total. The van der Waals surface area contributed by atoms with Crippen LogP contribution in [0.1, 0.15) is 12.8 Å². The lowest BCUT2D eigenvalue weighted by molar-refractivity contribution is -0.119. The molecule has 1 saturated carbocycles. The molecule has 0 saturated heterocycles. The van der Waals surface area contributed by atoms with Crippen molar-refractivity contribution in [1.82, 2.24) is 10.3 Å². The summed E-state index contributed by atoms with van der Waals surface area (Å²) >= 11 is 1.26. The molecule has 0 aliphatic heterocycles. The van der Waals surface area contributed by atoms with E-state index in [1.165, 1.54) is 11.8 Å². The average Bonchev–Trinajstić information content (AvgIpc) is 3.06. The van der Waals surface area contributed by atoms with Crippen LogP contribution in [0, 0.1) is 0 Å². The molecular weight excluding hydrogens is 264 g/mol. The second-order valence-corrected chi connectivity index (χ2v) is 5.65. The summed E-state index contributed by atoms with van der Waals surface area (Å²) in [5, 5.41) is 12.5. The molecule has 1 aliphatic carbocycles. The molecular formula is C13H14N2O3S. The van der Waals surface area contributed by atoms with E-state index in [9.17, 15) is 4.79 Å². The van der Waals surface area contributed by atoms with E-state index in [1.54, 1.807) is 0 Å². The number of para-hydroxylation sites is 2. The van der Waals surface area contributed by atoms with Crippen molar-refractivity contribution in [1.29, 1.82) is 0 Å². The highest BCUT2D eigenvalue weighted by molar-refractivity contribution is 7.99. The third-order valence-electron chi connectivity index (χ3n) is 3.16. The molecule has 19 heavy (non-hydrogen) atoms. The summed E-state index contributed by atoms with van der Waals surface area (Å²) in [6, 6.07) is 7.49. The van der Waals surface area contributed by atoms with Crippen molar-refractivity contribution in [3.63, 3.8) is 0 Å². The molecule has 5 nitrogen and oxygen atoms in total. The van der Waals surface area contributed by atoms with Gasteiger partial charge in [0.2, 0.25) is 5.91 Å². The number of aliphatic hydroxyl groups is 1. The minimum Gasteiger partial charge on any atom is -0.431 e. The van der Waals surface area contributed by atoms with Crippen LogP contribution in [0.5, 0.6) is 0 Å². The maximum atomic E-state index is 11.7. The fourth-order valence-corrected chi connectivity index (χ4v) is 2.48. The fourth-order valence-electron chi connectivity index (χ4n) is 1.85. The zero-order chi connectivity index (χ0) is 13.3. The topological polar surface area (TPSA) is 75.4 Å². The van der Waals surface area contributed by atoms with Gasteiger partial charge >= 0.3 is 0 Å². The minimum absolute atomic E-state index is 0.00624. The van der Waals surface area contributed by atoms with Crippen molar-refractivity contribution in [3.8, 4) is 0 Å². The van der Waals surface area contributed by atoms with Crippen molar-refractivity contribution in [2.24, 2.45) is 0 Å². The number of hydrogen-bond donors (Lipinski definition) is 2. The maximum Gasteiger partial charge on any atom is 0.257 e. The Hall–Kier alpha value is -1.53. The van der Waals surface area contributed by atoms with Crippen molar-refractivity contribution < 1.29 is 14.3 Å². The van der Waals surface area contributed by atoms with Gasteiger partial charge in [-0.2, -0.15) is 0 Å². The van der Waals surface area contributed by atoms with Gasteiger partial charge in [0, 0.05) is 0 Å². The number of nitrogens with one attached hydrogen (secondary N) is 1. The van der Waals surface area contributed by atoms with Crippen LogP contribution >= 0.6 is 11.8 Å². The summed E-state index contributed by atoms with van der Waals surface area (Å²) in [5.74, 6) is 0.146. The van der Waals surface area contributed by atoms with Crippen LogP contribution in [0.15, 0.2) is 33.9 Å². The minimum atomic E-state index is -0.362. The molecule has 0 unspecified atom stereocenters. The number of nitrogens with zero attached hydrogens (tertiary/aromatic N) is 1. The van der Waals surface area contributed by atoms with Gasteiger partial charge in [0.05, 0.1) is 17.9 Å². The van der Waals surface area contributed by atoms with Gasteiger partial charge in [0.25, 0.3) is 5.22 Å². The van der Waals surface area contributed by atoms with E-state index in [0.717, 1.165) is 23.9 Å². The Labute approximate surface area is 114 Å². The Kier molecular flexibility index (Phi) is 3.20. The molecule has 1 heterocycles. The van der Waals surface area contributed by atoms with E-state index in [0.29, 0.717) is 5.22 Å². The molecule has 0 atom stereocenters. The van der Waals surface area contributed by atoms with Crippen molar-refractivity contribution in [2.75, 3.05) is 12.4 Å². The molecule has 1 aliphatic rings. The first-order valence-electron chi connectivity index (χ1n) is 6.11. The van der Waals surface area contributed by atoms with Crippen LogP contribution in [-0.4, -0.2) is 33.9 Å². The number of oxazole rings is 1. The van der Waals surface area contributed by atoms with Gasteiger partial charge in [-0.15, -0.1) is 0 Å². The Morgan fingerprint density at radius 3 is 2.95 bits per heavy atom. The van der Waals surface area contributed by atoms with Crippen molar-refractivity contribution in [2.45, 2.75) is 23.6 Å². The highest BCUT2D eigenvalue weighted by atomic mass is 32.2. The predicted molar refractivity (Wildman–Crippen MR) is 71.9 cm³/mol. The summed E-state index contributed by atoms with van der Waals surface area (Å²) < 4.78 is 5.51. The first kappa shape index (κ1) is 12.5. The molecule has 100 valence electrons. The third kappa shape index (κ3) is 2.74. The molecule has 1 amide bonds. The molecule has 1 fully saturated rings. The summed E-state index contributed by atoms with van der Waals surface area (Å²) in [7, 11) is 0. The highest BCUT2D eigenvalue weighted by Gasteiger charge is 2.43. The van der Waals surface area contributed by atoms with Gasteiger partial charge in [0.1, 0.15) is 5.52 Å². The summed E-state index contributed by atoms with van der Waals surface area (Å²) in [6.07, 6.45) is 1.70. The van der Waals surface area contributed by atoms with Crippen molar-refractivity contribution >= 4 is 28.8 Å². The molecule has 2 aromatic rings.